The van der Waals surface area contributed by atoms with Gasteiger partial charge in [-0.15, -0.1) is 0 Å². The van der Waals surface area contributed by atoms with Crippen molar-refractivity contribution < 1.29 is 27.4 Å². The summed E-state index contributed by atoms with van der Waals surface area (Å²) in [5.41, 5.74) is 0.892. The van der Waals surface area contributed by atoms with Crippen LogP contribution < -0.4 is 4.74 Å². The average Bonchev–Trinajstić information content (AvgIpc) is 2.72. The van der Waals surface area contributed by atoms with Crippen molar-refractivity contribution in [3.63, 3.8) is 0 Å². The molecule has 30 heavy (non-hydrogen) atoms. The minimum Gasteiger partial charge on any atom is -0.497 e. The summed E-state index contributed by atoms with van der Waals surface area (Å²) in [7, 11) is -2.32. The third-order valence-corrected chi connectivity index (χ3v) is 7.01. The summed E-state index contributed by atoms with van der Waals surface area (Å²) in [6.07, 6.45) is -0.472. The molecule has 0 aromatic heterocycles. The highest BCUT2D eigenvalue weighted by Crippen LogP contribution is 2.28. The molecule has 0 aliphatic carbocycles. The van der Waals surface area contributed by atoms with Crippen LogP contribution >= 0.6 is 11.6 Å². The Morgan fingerprint density at radius 1 is 1.13 bits per heavy atom. The number of nitrogens with zero attached hydrogens (tertiary/aromatic N) is 1. The predicted molar refractivity (Wildman–Crippen MR) is 112 cm³/mol. The van der Waals surface area contributed by atoms with E-state index in [4.69, 9.17) is 25.8 Å². The normalized spacial score (nSPS) is 20.0. The number of ether oxygens (including phenoxy) is 3. The van der Waals surface area contributed by atoms with E-state index in [0.29, 0.717) is 5.75 Å². The molecule has 2 atom stereocenters. The minimum atomic E-state index is -3.89. The molecule has 0 saturated carbocycles. The molecule has 0 radical (unpaired) electrons. The lowest BCUT2D eigenvalue weighted by atomic mass is 10.2. The van der Waals surface area contributed by atoms with Gasteiger partial charge in [0.1, 0.15) is 17.3 Å². The minimum absolute atomic E-state index is 0.0476. The molecule has 2 aromatic carbocycles. The fourth-order valence-corrected chi connectivity index (χ4v) is 5.34. The fourth-order valence-electron chi connectivity index (χ4n) is 3.25. The highest BCUT2D eigenvalue weighted by molar-refractivity contribution is 7.89. The number of rotatable bonds is 6. The number of carbonyl (C=O) groups excluding carboxylic acids is 1. The number of hydrogen-bond donors (Lipinski definition) is 0. The molecule has 1 saturated heterocycles. The topological polar surface area (TPSA) is 82.1 Å². The van der Waals surface area contributed by atoms with Gasteiger partial charge in [-0.1, -0.05) is 23.7 Å². The molecule has 3 rings (SSSR count). The molecule has 1 aliphatic heterocycles. The maximum absolute atomic E-state index is 13.1. The van der Waals surface area contributed by atoms with Crippen LogP contribution in [0.25, 0.3) is 0 Å². The number of morpholine rings is 1. The van der Waals surface area contributed by atoms with Gasteiger partial charge in [-0.25, -0.2) is 13.2 Å². The summed E-state index contributed by atoms with van der Waals surface area (Å²) in [4.78, 5) is 12.4. The van der Waals surface area contributed by atoms with Crippen LogP contribution in [0.2, 0.25) is 5.02 Å². The molecule has 2 aromatic rings. The third kappa shape index (κ3) is 5.13. The largest absolute Gasteiger partial charge is 0.497 e. The summed E-state index contributed by atoms with van der Waals surface area (Å²) in [5.74, 6) is 0.0621. The van der Waals surface area contributed by atoms with Crippen molar-refractivity contribution in [2.45, 2.75) is 37.6 Å². The number of halogens is 1. The number of sulfonamides is 1. The lowest BCUT2D eigenvalue weighted by Gasteiger charge is -2.34. The maximum atomic E-state index is 13.1. The van der Waals surface area contributed by atoms with Gasteiger partial charge >= 0.3 is 5.97 Å². The van der Waals surface area contributed by atoms with Gasteiger partial charge in [-0.2, -0.15) is 4.31 Å². The van der Waals surface area contributed by atoms with Crippen LogP contribution in [0.3, 0.4) is 0 Å². The van der Waals surface area contributed by atoms with Crippen molar-refractivity contribution in [1.82, 2.24) is 4.31 Å². The molecule has 0 amide bonds. The Balaban J connectivity index is 1.77. The summed E-state index contributed by atoms with van der Waals surface area (Å²) >= 11 is 6.18. The molecule has 1 aliphatic rings. The van der Waals surface area contributed by atoms with E-state index >= 15 is 0 Å². The average molecular weight is 454 g/mol. The molecule has 0 spiro atoms. The van der Waals surface area contributed by atoms with Crippen LogP contribution in [0.15, 0.2) is 47.4 Å². The molecule has 0 N–H and O–H groups in total. The third-order valence-electron chi connectivity index (χ3n) is 4.70. The SMILES string of the molecule is COc1ccc(COC(=O)c2ccc(Cl)c(S(=O)(=O)N3C[C@@H](C)O[C@H](C)C3)c2)cc1. The first-order valence-electron chi connectivity index (χ1n) is 9.46. The molecule has 1 heterocycles. The highest BCUT2D eigenvalue weighted by atomic mass is 35.5. The lowest BCUT2D eigenvalue weighted by Crippen LogP contribution is -2.48. The van der Waals surface area contributed by atoms with E-state index in [1.54, 1.807) is 31.4 Å². The van der Waals surface area contributed by atoms with Crippen LogP contribution in [0.4, 0.5) is 0 Å². The van der Waals surface area contributed by atoms with Crippen LogP contribution in [0, 0.1) is 0 Å². The first-order chi connectivity index (χ1) is 14.2. The van der Waals surface area contributed by atoms with Crippen molar-refractivity contribution in [1.29, 1.82) is 0 Å². The molecule has 0 bridgehead atoms. The molecule has 7 nitrogen and oxygen atoms in total. The van der Waals surface area contributed by atoms with E-state index in [2.05, 4.69) is 0 Å². The van der Waals surface area contributed by atoms with Crippen molar-refractivity contribution >= 4 is 27.6 Å². The summed E-state index contributed by atoms with van der Waals surface area (Å²) in [6, 6.07) is 11.2. The smallest absolute Gasteiger partial charge is 0.338 e. The standard InChI is InChI=1S/C21H24ClNO6S/c1-14-11-23(12-15(2)29-14)30(25,26)20-10-17(6-9-19(20)22)21(24)28-13-16-4-7-18(27-3)8-5-16/h4-10,14-15H,11-13H2,1-3H3/t14-,15-/m1/s1. The van der Waals surface area contributed by atoms with E-state index in [-0.39, 0.29) is 47.4 Å². The monoisotopic (exact) mass is 453 g/mol. The number of carbonyl (C=O) groups is 1. The van der Waals surface area contributed by atoms with Crippen LogP contribution in [-0.2, 0) is 26.1 Å². The second kappa shape index (κ2) is 9.34. The van der Waals surface area contributed by atoms with E-state index in [1.165, 1.54) is 22.5 Å². The molecule has 0 unspecified atom stereocenters. The van der Waals surface area contributed by atoms with Gasteiger partial charge in [-0.05, 0) is 49.7 Å². The summed E-state index contributed by atoms with van der Waals surface area (Å²) in [5, 5.41) is 0.0495. The first kappa shape index (κ1) is 22.6. The lowest BCUT2D eigenvalue weighted by molar-refractivity contribution is -0.0440. The van der Waals surface area contributed by atoms with Gasteiger partial charge in [0.15, 0.2) is 0 Å². The van der Waals surface area contributed by atoms with Gasteiger partial charge < -0.3 is 14.2 Å². The highest BCUT2D eigenvalue weighted by Gasteiger charge is 2.34. The first-order valence-corrected chi connectivity index (χ1v) is 11.3. The Morgan fingerprint density at radius 3 is 2.37 bits per heavy atom. The van der Waals surface area contributed by atoms with Gasteiger partial charge in [0.25, 0.3) is 0 Å². The zero-order valence-electron chi connectivity index (χ0n) is 17.0. The Hall–Kier alpha value is -2.13. The number of esters is 1. The predicted octanol–water partition coefficient (Wildman–Crippen LogP) is 3.50. The van der Waals surface area contributed by atoms with Crippen molar-refractivity contribution in [2.24, 2.45) is 0 Å². The molecular formula is C21H24ClNO6S. The van der Waals surface area contributed by atoms with E-state index in [1.807, 2.05) is 13.8 Å². The molecule has 1 fully saturated rings. The van der Waals surface area contributed by atoms with Gasteiger partial charge in [-0.3, -0.25) is 0 Å². The second-order valence-electron chi connectivity index (χ2n) is 7.15. The van der Waals surface area contributed by atoms with Crippen molar-refractivity contribution in [2.75, 3.05) is 20.2 Å². The van der Waals surface area contributed by atoms with Crippen LogP contribution in [-0.4, -0.2) is 51.1 Å². The molecular weight excluding hydrogens is 430 g/mol. The zero-order chi connectivity index (χ0) is 21.9. The second-order valence-corrected chi connectivity index (χ2v) is 9.46. The van der Waals surface area contributed by atoms with Crippen molar-refractivity contribution in [3.05, 3.63) is 58.6 Å². The fraction of sp³-hybridized carbons (Fsp3) is 0.381. The Morgan fingerprint density at radius 2 is 1.77 bits per heavy atom. The van der Waals surface area contributed by atoms with Gasteiger partial charge in [0.2, 0.25) is 10.0 Å². The summed E-state index contributed by atoms with van der Waals surface area (Å²) in [6.45, 7) is 4.11. The van der Waals surface area contributed by atoms with E-state index in [9.17, 15) is 13.2 Å². The molecule has 162 valence electrons. The number of methoxy groups -OCH3 is 1. The van der Waals surface area contributed by atoms with E-state index < -0.39 is 16.0 Å². The maximum Gasteiger partial charge on any atom is 0.338 e. The quantitative estimate of drug-likeness (QED) is 0.622. The van der Waals surface area contributed by atoms with Gasteiger partial charge in [0.05, 0.1) is 29.9 Å². The van der Waals surface area contributed by atoms with E-state index in [0.717, 1.165) is 5.56 Å². The van der Waals surface area contributed by atoms with Crippen LogP contribution in [0.5, 0.6) is 5.75 Å². The Bertz CT molecular complexity index is 999. The van der Waals surface area contributed by atoms with Gasteiger partial charge in [0, 0.05) is 13.1 Å². The Labute approximate surface area is 181 Å². The molecule has 9 heteroatoms. The number of hydrogen-bond acceptors (Lipinski definition) is 6. The number of benzene rings is 2. The zero-order valence-corrected chi connectivity index (χ0v) is 18.6. The van der Waals surface area contributed by atoms with Crippen LogP contribution in [0.1, 0.15) is 29.8 Å². The Kier molecular flexibility index (Phi) is 7.02. The van der Waals surface area contributed by atoms with Crippen molar-refractivity contribution in [3.8, 4) is 5.75 Å². The summed E-state index contributed by atoms with van der Waals surface area (Å²) < 4.78 is 43.6.